The van der Waals surface area contributed by atoms with Crippen molar-refractivity contribution in [1.29, 1.82) is 0 Å². The van der Waals surface area contributed by atoms with E-state index in [-0.39, 0.29) is 29.7 Å². The van der Waals surface area contributed by atoms with E-state index in [1.54, 1.807) is 6.92 Å². The minimum atomic E-state index is -0.224. The van der Waals surface area contributed by atoms with Crippen molar-refractivity contribution in [2.75, 3.05) is 13.1 Å². The average molecular weight is 382 g/mol. The number of fused-ring (bicyclic) bond motifs is 1. The molecule has 0 spiro atoms. The van der Waals surface area contributed by atoms with Gasteiger partial charge in [0.05, 0.1) is 0 Å². The topological polar surface area (TPSA) is 61.4 Å². The van der Waals surface area contributed by atoms with Crippen molar-refractivity contribution in [3.05, 3.63) is 34.6 Å². The monoisotopic (exact) mass is 382 g/mol. The van der Waals surface area contributed by atoms with Crippen LogP contribution in [0.25, 0.3) is 0 Å². The SMILES string of the molecule is Cc1ccc2c(c1F)C(C)CN(C(=O)CCC1NC(=O)N[C]1=[V])CC2. The van der Waals surface area contributed by atoms with Crippen LogP contribution in [0.4, 0.5) is 9.18 Å². The number of carbonyl (C=O) groups excluding carboxylic acids is 2. The normalized spacial score (nSPS) is 22.9. The van der Waals surface area contributed by atoms with Gasteiger partial charge in [-0.15, -0.1) is 0 Å². The third-order valence-electron chi connectivity index (χ3n) is 4.98. The minimum absolute atomic E-state index is 0.0286. The summed E-state index contributed by atoms with van der Waals surface area (Å²) in [4.78, 5) is 25.8. The van der Waals surface area contributed by atoms with Crippen molar-refractivity contribution >= 4 is 16.3 Å². The summed E-state index contributed by atoms with van der Waals surface area (Å²) in [5.74, 6) is -0.112. The van der Waals surface area contributed by atoms with Gasteiger partial charge in [-0.25, -0.2) is 0 Å². The molecule has 1 aromatic rings. The molecule has 0 radical (unpaired) electrons. The molecule has 1 fully saturated rings. The molecule has 0 bridgehead atoms. The van der Waals surface area contributed by atoms with Gasteiger partial charge in [-0.05, 0) is 0 Å². The van der Waals surface area contributed by atoms with Crippen LogP contribution >= 0.6 is 0 Å². The quantitative estimate of drug-likeness (QED) is 0.837. The maximum absolute atomic E-state index is 14.5. The number of urea groups is 1. The molecule has 1 saturated heterocycles. The Hall–Kier alpha value is -1.66. The van der Waals surface area contributed by atoms with Crippen molar-refractivity contribution in [1.82, 2.24) is 15.5 Å². The van der Waals surface area contributed by atoms with Crippen LogP contribution in [0.2, 0.25) is 0 Å². The molecule has 2 aliphatic rings. The number of rotatable bonds is 3. The van der Waals surface area contributed by atoms with Gasteiger partial charge in [0.2, 0.25) is 0 Å². The summed E-state index contributed by atoms with van der Waals surface area (Å²) in [5, 5.41) is 5.47. The predicted octanol–water partition coefficient (Wildman–Crippen LogP) is 1.76. The molecular weight excluding hydrogens is 360 g/mol. The molecular formula is C18H22FN3O2V. The molecule has 2 aliphatic heterocycles. The number of carbonyl (C=O) groups is 2. The third-order valence-corrected chi connectivity index (χ3v) is 5.64. The fourth-order valence-electron chi connectivity index (χ4n) is 3.59. The molecule has 133 valence electrons. The Morgan fingerprint density at radius 3 is 2.88 bits per heavy atom. The number of hydrogen-bond acceptors (Lipinski definition) is 2. The molecule has 5 nitrogen and oxygen atoms in total. The van der Waals surface area contributed by atoms with E-state index in [0.717, 1.165) is 15.5 Å². The number of nitrogens with one attached hydrogen (secondary N) is 2. The van der Waals surface area contributed by atoms with Crippen LogP contribution < -0.4 is 10.6 Å². The van der Waals surface area contributed by atoms with E-state index in [0.29, 0.717) is 37.9 Å². The Kier molecular flexibility index (Phi) is 5.30. The Bertz CT molecular complexity index is 737. The molecule has 2 atom stereocenters. The van der Waals surface area contributed by atoms with Crippen molar-refractivity contribution < 1.29 is 31.0 Å². The maximum atomic E-state index is 14.5. The molecule has 2 unspecified atom stereocenters. The summed E-state index contributed by atoms with van der Waals surface area (Å²) in [7, 11) is 0. The van der Waals surface area contributed by atoms with E-state index in [1.807, 2.05) is 24.0 Å². The molecule has 3 rings (SSSR count). The molecule has 0 aromatic heterocycles. The summed E-state index contributed by atoms with van der Waals surface area (Å²) < 4.78 is 15.3. The van der Waals surface area contributed by atoms with Gasteiger partial charge in [-0.3, -0.25) is 0 Å². The summed E-state index contributed by atoms with van der Waals surface area (Å²) in [5.41, 5.74) is 2.41. The van der Waals surface area contributed by atoms with Crippen molar-refractivity contribution in [2.45, 2.75) is 45.1 Å². The summed E-state index contributed by atoms with van der Waals surface area (Å²) in [6, 6.07) is 3.44. The van der Waals surface area contributed by atoms with E-state index >= 15 is 0 Å². The standard InChI is InChI=1S/C18H22FN3O2.V/c1-11-3-4-13-7-8-22(10-12(2)16(13)17(11)19)15(23)6-5-14-9-20-18(24)21-14;/h3-4,12,14H,5-8,10H2,1-2H3,(H2,20,21,24);. The first-order valence-corrected chi connectivity index (χ1v) is 9.25. The van der Waals surface area contributed by atoms with E-state index < -0.39 is 0 Å². The number of benzene rings is 1. The molecule has 7 heteroatoms. The molecule has 0 saturated carbocycles. The second-order valence-electron chi connectivity index (χ2n) is 6.84. The van der Waals surface area contributed by atoms with Crippen LogP contribution in [0.5, 0.6) is 0 Å². The fraction of sp³-hybridized carbons (Fsp3) is 0.500. The first-order valence-electron chi connectivity index (χ1n) is 8.55. The molecule has 2 N–H and O–H groups in total. The first kappa shape index (κ1) is 18.1. The van der Waals surface area contributed by atoms with Crippen molar-refractivity contribution in [3.8, 4) is 0 Å². The summed E-state index contributed by atoms with van der Waals surface area (Å²) in [6.45, 7) is 4.88. The van der Waals surface area contributed by atoms with Crippen LogP contribution in [-0.4, -0.2) is 40.3 Å². The van der Waals surface area contributed by atoms with Gasteiger partial charge in [0, 0.05) is 0 Å². The third kappa shape index (κ3) is 3.80. The van der Waals surface area contributed by atoms with E-state index in [1.165, 1.54) is 0 Å². The second-order valence-corrected chi connectivity index (χ2v) is 7.59. The van der Waals surface area contributed by atoms with E-state index in [4.69, 9.17) is 0 Å². The number of hydrogen-bond donors (Lipinski definition) is 2. The molecule has 0 aliphatic carbocycles. The molecule has 2 heterocycles. The van der Waals surface area contributed by atoms with E-state index in [9.17, 15) is 14.0 Å². The van der Waals surface area contributed by atoms with Crippen molar-refractivity contribution in [3.63, 3.8) is 0 Å². The average Bonchev–Trinajstić information content (AvgIpc) is 2.78. The van der Waals surface area contributed by atoms with Gasteiger partial charge in [-0.2, -0.15) is 0 Å². The van der Waals surface area contributed by atoms with Crippen LogP contribution in [-0.2, 0) is 28.2 Å². The van der Waals surface area contributed by atoms with Crippen LogP contribution in [0.15, 0.2) is 12.1 Å². The van der Waals surface area contributed by atoms with Gasteiger partial charge < -0.3 is 0 Å². The summed E-state index contributed by atoms with van der Waals surface area (Å²) in [6.07, 6.45) is 1.60. The van der Waals surface area contributed by atoms with E-state index in [2.05, 4.69) is 27.6 Å². The number of amides is 3. The zero-order chi connectivity index (χ0) is 18.1. The number of halogens is 1. The van der Waals surface area contributed by atoms with Gasteiger partial charge in [-0.1, -0.05) is 0 Å². The number of nitrogens with zero attached hydrogens (tertiary/aromatic N) is 1. The summed E-state index contributed by atoms with van der Waals surface area (Å²) >= 11 is 2.33. The van der Waals surface area contributed by atoms with Crippen LogP contribution in [0, 0.1) is 12.7 Å². The zero-order valence-electron chi connectivity index (χ0n) is 14.4. The first-order chi connectivity index (χ1) is 11.9. The Labute approximate surface area is 155 Å². The Balaban J connectivity index is 1.65. The van der Waals surface area contributed by atoms with Gasteiger partial charge >= 0.3 is 156 Å². The predicted molar refractivity (Wildman–Crippen MR) is 89.5 cm³/mol. The molecule has 1 aromatic carbocycles. The van der Waals surface area contributed by atoms with Crippen molar-refractivity contribution in [2.24, 2.45) is 0 Å². The molecule has 25 heavy (non-hydrogen) atoms. The van der Waals surface area contributed by atoms with Gasteiger partial charge in [0.15, 0.2) is 0 Å². The van der Waals surface area contributed by atoms with Crippen LogP contribution in [0.1, 0.15) is 42.4 Å². The van der Waals surface area contributed by atoms with Gasteiger partial charge in [0.25, 0.3) is 0 Å². The fourth-order valence-corrected chi connectivity index (χ4v) is 4.05. The van der Waals surface area contributed by atoms with Crippen LogP contribution in [0.3, 0.4) is 0 Å². The Morgan fingerprint density at radius 1 is 1.44 bits per heavy atom. The Morgan fingerprint density at radius 2 is 2.20 bits per heavy atom. The zero-order valence-corrected chi connectivity index (χ0v) is 15.8. The van der Waals surface area contributed by atoms with Gasteiger partial charge in [0.1, 0.15) is 0 Å². The number of aryl methyl sites for hydroxylation is 1. The molecule has 3 amide bonds. The second kappa shape index (κ2) is 7.30.